The summed E-state index contributed by atoms with van der Waals surface area (Å²) in [5.41, 5.74) is 3.29. The van der Waals surface area contributed by atoms with Gasteiger partial charge < -0.3 is 14.1 Å². The van der Waals surface area contributed by atoms with Crippen LogP contribution in [-0.4, -0.2) is 47.1 Å². The third-order valence-corrected chi connectivity index (χ3v) is 4.72. The van der Waals surface area contributed by atoms with E-state index in [2.05, 4.69) is 16.0 Å². The Balaban J connectivity index is 1.51. The number of fused-ring (bicyclic) bond motifs is 1. The van der Waals surface area contributed by atoms with E-state index in [4.69, 9.17) is 9.15 Å². The largest absolute Gasteiger partial charge is 0.464 e. The van der Waals surface area contributed by atoms with Gasteiger partial charge in [0.05, 0.1) is 31.4 Å². The Kier molecular flexibility index (Phi) is 4.67. The van der Waals surface area contributed by atoms with Crippen molar-refractivity contribution in [2.45, 2.75) is 13.3 Å². The van der Waals surface area contributed by atoms with Gasteiger partial charge in [-0.1, -0.05) is 12.1 Å². The van der Waals surface area contributed by atoms with Crippen molar-refractivity contribution in [1.29, 1.82) is 0 Å². The minimum atomic E-state index is -0.0884. The number of benzene rings is 1. The quantitative estimate of drug-likeness (QED) is 0.726. The number of amides is 1. The molecule has 1 fully saturated rings. The van der Waals surface area contributed by atoms with Crippen LogP contribution in [0.5, 0.6) is 0 Å². The molecule has 1 atom stereocenters. The van der Waals surface area contributed by atoms with E-state index in [-0.39, 0.29) is 11.8 Å². The molecule has 1 aliphatic heterocycles. The van der Waals surface area contributed by atoms with E-state index in [1.165, 1.54) is 5.56 Å². The molecule has 1 unspecified atom stereocenters. The molecule has 0 bridgehead atoms. The van der Waals surface area contributed by atoms with Crippen molar-refractivity contribution in [3.05, 3.63) is 59.9 Å². The van der Waals surface area contributed by atoms with Gasteiger partial charge in [-0.3, -0.25) is 9.78 Å². The smallest absolute Gasteiger partial charge is 0.274 e. The SMILES string of the molecule is Cc1cnc(C(=O)N2CCOCC(Cc3cccc4occc34)C2)cn1. The molecule has 3 aromatic rings. The highest BCUT2D eigenvalue weighted by Gasteiger charge is 2.25. The number of aromatic nitrogens is 2. The molecule has 26 heavy (non-hydrogen) atoms. The van der Waals surface area contributed by atoms with Gasteiger partial charge >= 0.3 is 0 Å². The van der Waals surface area contributed by atoms with Crippen LogP contribution in [0.1, 0.15) is 21.7 Å². The molecular weight excluding hydrogens is 330 g/mol. The minimum absolute atomic E-state index is 0.0884. The number of hydrogen-bond donors (Lipinski definition) is 0. The molecule has 1 aromatic carbocycles. The lowest BCUT2D eigenvalue weighted by Crippen LogP contribution is -2.37. The maximum Gasteiger partial charge on any atom is 0.274 e. The fraction of sp³-hybridized carbons (Fsp3) is 0.350. The molecule has 134 valence electrons. The lowest BCUT2D eigenvalue weighted by molar-refractivity contribution is 0.0731. The van der Waals surface area contributed by atoms with Gasteiger partial charge in [0.2, 0.25) is 0 Å². The van der Waals surface area contributed by atoms with Crippen LogP contribution in [0.3, 0.4) is 0 Å². The second-order valence-corrected chi connectivity index (χ2v) is 6.69. The van der Waals surface area contributed by atoms with Crippen molar-refractivity contribution in [3.63, 3.8) is 0 Å². The van der Waals surface area contributed by atoms with Crippen LogP contribution >= 0.6 is 0 Å². The standard InChI is InChI=1S/C20H21N3O3/c1-14-10-22-18(11-21-14)20(24)23-6-8-25-13-15(12-23)9-16-3-2-4-19-17(16)5-7-26-19/h2-5,7,10-11,15H,6,8-9,12-13H2,1H3. The van der Waals surface area contributed by atoms with E-state index in [0.717, 1.165) is 23.1 Å². The molecule has 1 aliphatic rings. The molecule has 0 radical (unpaired) electrons. The summed E-state index contributed by atoms with van der Waals surface area (Å²) < 4.78 is 11.2. The number of carbonyl (C=O) groups excluding carboxylic acids is 1. The van der Waals surface area contributed by atoms with Gasteiger partial charge in [0.25, 0.3) is 5.91 Å². The number of carbonyl (C=O) groups is 1. The van der Waals surface area contributed by atoms with E-state index in [9.17, 15) is 4.79 Å². The topological polar surface area (TPSA) is 68.5 Å². The van der Waals surface area contributed by atoms with Crippen LogP contribution in [-0.2, 0) is 11.2 Å². The van der Waals surface area contributed by atoms with Crippen LogP contribution < -0.4 is 0 Å². The Morgan fingerprint density at radius 3 is 3.04 bits per heavy atom. The van der Waals surface area contributed by atoms with Crippen LogP contribution in [0, 0.1) is 12.8 Å². The maximum atomic E-state index is 12.8. The number of ether oxygens (including phenoxy) is 1. The summed E-state index contributed by atoms with van der Waals surface area (Å²) in [5.74, 6) is 0.134. The summed E-state index contributed by atoms with van der Waals surface area (Å²) in [6.07, 6.45) is 5.72. The fourth-order valence-corrected chi connectivity index (χ4v) is 3.40. The van der Waals surface area contributed by atoms with Crippen molar-refractivity contribution in [2.75, 3.05) is 26.3 Å². The molecule has 3 heterocycles. The number of aryl methyl sites for hydroxylation is 1. The Hall–Kier alpha value is -2.73. The molecule has 0 saturated carbocycles. The second kappa shape index (κ2) is 7.25. The van der Waals surface area contributed by atoms with Crippen molar-refractivity contribution < 1.29 is 13.9 Å². The number of rotatable bonds is 3. The average molecular weight is 351 g/mol. The molecule has 4 rings (SSSR count). The van der Waals surface area contributed by atoms with Gasteiger partial charge in [-0.15, -0.1) is 0 Å². The Labute approximate surface area is 151 Å². The zero-order valence-electron chi connectivity index (χ0n) is 14.7. The van der Waals surface area contributed by atoms with Crippen molar-refractivity contribution in [2.24, 2.45) is 5.92 Å². The highest BCUT2D eigenvalue weighted by atomic mass is 16.5. The summed E-state index contributed by atoms with van der Waals surface area (Å²) in [6.45, 7) is 4.24. The first-order valence-electron chi connectivity index (χ1n) is 8.81. The maximum absolute atomic E-state index is 12.8. The molecular formula is C20H21N3O3. The first-order valence-corrected chi connectivity index (χ1v) is 8.81. The summed E-state index contributed by atoms with van der Waals surface area (Å²) in [5, 5.41) is 1.12. The first-order chi connectivity index (χ1) is 12.7. The Morgan fingerprint density at radius 1 is 1.27 bits per heavy atom. The van der Waals surface area contributed by atoms with E-state index in [1.807, 2.05) is 30.0 Å². The zero-order valence-corrected chi connectivity index (χ0v) is 14.7. The number of hydrogen-bond acceptors (Lipinski definition) is 5. The summed E-state index contributed by atoms with van der Waals surface area (Å²) in [4.78, 5) is 23.0. The molecule has 2 aromatic heterocycles. The average Bonchev–Trinajstić information content (AvgIpc) is 3.02. The van der Waals surface area contributed by atoms with Crippen LogP contribution in [0.25, 0.3) is 11.0 Å². The molecule has 1 saturated heterocycles. The van der Waals surface area contributed by atoms with E-state index in [1.54, 1.807) is 18.7 Å². The van der Waals surface area contributed by atoms with E-state index >= 15 is 0 Å². The van der Waals surface area contributed by atoms with Gasteiger partial charge in [-0.05, 0) is 31.0 Å². The minimum Gasteiger partial charge on any atom is -0.464 e. The van der Waals surface area contributed by atoms with Crippen LogP contribution in [0.15, 0.2) is 47.3 Å². The summed E-state index contributed by atoms with van der Waals surface area (Å²) in [6, 6.07) is 8.07. The third-order valence-electron chi connectivity index (χ3n) is 4.72. The van der Waals surface area contributed by atoms with Gasteiger partial charge in [0.15, 0.2) is 0 Å². The lowest BCUT2D eigenvalue weighted by Gasteiger charge is -2.23. The normalized spacial score (nSPS) is 18.0. The van der Waals surface area contributed by atoms with Crippen molar-refractivity contribution in [1.82, 2.24) is 14.9 Å². The van der Waals surface area contributed by atoms with Gasteiger partial charge in [0.1, 0.15) is 11.3 Å². The number of furan rings is 1. The number of nitrogens with zero attached hydrogens (tertiary/aromatic N) is 3. The van der Waals surface area contributed by atoms with Crippen molar-refractivity contribution >= 4 is 16.9 Å². The van der Waals surface area contributed by atoms with E-state index in [0.29, 0.717) is 32.0 Å². The van der Waals surface area contributed by atoms with Gasteiger partial charge in [-0.2, -0.15) is 0 Å². The molecule has 0 aliphatic carbocycles. The molecule has 0 N–H and O–H groups in total. The van der Waals surface area contributed by atoms with E-state index < -0.39 is 0 Å². The Morgan fingerprint density at radius 2 is 2.19 bits per heavy atom. The van der Waals surface area contributed by atoms with Crippen LogP contribution in [0.4, 0.5) is 0 Å². The Bertz CT molecular complexity index is 904. The van der Waals surface area contributed by atoms with Gasteiger partial charge in [-0.25, -0.2) is 4.98 Å². The third kappa shape index (κ3) is 3.46. The zero-order chi connectivity index (χ0) is 17.9. The van der Waals surface area contributed by atoms with Crippen molar-refractivity contribution in [3.8, 4) is 0 Å². The predicted molar refractivity (Wildman–Crippen MR) is 96.9 cm³/mol. The molecule has 0 spiro atoms. The lowest BCUT2D eigenvalue weighted by atomic mass is 9.97. The summed E-state index contributed by atoms with van der Waals surface area (Å²) >= 11 is 0. The summed E-state index contributed by atoms with van der Waals surface area (Å²) in [7, 11) is 0. The monoisotopic (exact) mass is 351 g/mol. The van der Waals surface area contributed by atoms with Gasteiger partial charge in [0, 0.05) is 30.6 Å². The highest BCUT2D eigenvalue weighted by Crippen LogP contribution is 2.24. The highest BCUT2D eigenvalue weighted by molar-refractivity contribution is 5.92. The first kappa shape index (κ1) is 16.7. The second-order valence-electron chi connectivity index (χ2n) is 6.69. The molecule has 6 heteroatoms. The fourth-order valence-electron chi connectivity index (χ4n) is 3.40. The van der Waals surface area contributed by atoms with Crippen LogP contribution in [0.2, 0.25) is 0 Å². The molecule has 1 amide bonds. The predicted octanol–water partition coefficient (Wildman–Crippen LogP) is 2.86. The molecule has 6 nitrogen and oxygen atoms in total.